The molecule has 1 amide bonds. The zero-order chi connectivity index (χ0) is 17.2. The number of para-hydroxylation sites is 1. The van der Waals surface area contributed by atoms with Crippen LogP contribution in [0.4, 0.5) is 5.69 Å². The van der Waals surface area contributed by atoms with Crippen LogP contribution >= 0.6 is 22.7 Å². The molecule has 0 aliphatic rings. The van der Waals surface area contributed by atoms with Gasteiger partial charge in [-0.05, 0) is 35.7 Å². The first-order chi connectivity index (χ1) is 12.2. The normalized spacial score (nSPS) is 10.5. The summed E-state index contributed by atoms with van der Waals surface area (Å²) in [5, 5.41) is 14.6. The summed E-state index contributed by atoms with van der Waals surface area (Å²) in [4.78, 5) is 17.4. The van der Waals surface area contributed by atoms with Crippen molar-refractivity contribution in [3.63, 3.8) is 0 Å². The first-order valence-electron chi connectivity index (χ1n) is 7.49. The van der Waals surface area contributed by atoms with Gasteiger partial charge in [-0.3, -0.25) is 4.79 Å². The van der Waals surface area contributed by atoms with Crippen LogP contribution in [0.1, 0.15) is 15.2 Å². The molecule has 6 heteroatoms. The number of aromatic nitrogens is 1. The molecule has 2 aromatic carbocycles. The Hall–Kier alpha value is -3.01. The highest BCUT2D eigenvalue weighted by Gasteiger charge is 2.13. The topological polar surface area (TPSA) is 65.8 Å². The van der Waals surface area contributed by atoms with E-state index in [1.165, 1.54) is 11.3 Å². The second-order valence-electron chi connectivity index (χ2n) is 5.30. The maximum absolute atomic E-state index is 12.4. The van der Waals surface area contributed by atoms with Crippen molar-refractivity contribution in [2.45, 2.75) is 0 Å². The van der Waals surface area contributed by atoms with E-state index < -0.39 is 0 Å². The number of fused-ring (bicyclic) bond motifs is 1. The van der Waals surface area contributed by atoms with Crippen molar-refractivity contribution in [3.05, 3.63) is 70.4 Å². The standard InChI is InChI=1S/C19H11N3OS2/c20-11-17-14(8-9-24-17)18(23)21-13-5-3-4-12(10-13)19-22-15-6-1-2-7-16(15)25-19/h1-10H,(H,21,23). The van der Waals surface area contributed by atoms with Crippen LogP contribution in [0.3, 0.4) is 0 Å². The van der Waals surface area contributed by atoms with Crippen molar-refractivity contribution >= 4 is 44.5 Å². The Kier molecular flexibility index (Phi) is 4.02. The molecule has 0 fully saturated rings. The number of nitriles is 1. The first kappa shape index (κ1) is 15.5. The number of carbonyl (C=O) groups is 1. The molecule has 0 saturated heterocycles. The van der Waals surface area contributed by atoms with Gasteiger partial charge in [0.05, 0.1) is 15.8 Å². The van der Waals surface area contributed by atoms with Crippen LogP contribution in [-0.2, 0) is 0 Å². The Morgan fingerprint density at radius 1 is 1.12 bits per heavy atom. The van der Waals surface area contributed by atoms with Crippen LogP contribution in [-0.4, -0.2) is 10.9 Å². The number of thiazole rings is 1. The van der Waals surface area contributed by atoms with Crippen LogP contribution in [0.2, 0.25) is 0 Å². The molecule has 0 radical (unpaired) electrons. The summed E-state index contributed by atoms with van der Waals surface area (Å²) in [7, 11) is 0. The molecule has 2 aromatic heterocycles. The second-order valence-corrected chi connectivity index (χ2v) is 7.24. The fourth-order valence-corrected chi connectivity index (χ4v) is 4.14. The van der Waals surface area contributed by atoms with Gasteiger partial charge in [-0.25, -0.2) is 4.98 Å². The molecule has 0 aliphatic heterocycles. The van der Waals surface area contributed by atoms with Crippen molar-refractivity contribution in [1.29, 1.82) is 5.26 Å². The van der Waals surface area contributed by atoms with E-state index in [0.717, 1.165) is 20.8 Å². The minimum atomic E-state index is -0.278. The molecule has 4 aromatic rings. The Balaban J connectivity index is 1.63. The van der Waals surface area contributed by atoms with Gasteiger partial charge < -0.3 is 5.32 Å². The first-order valence-corrected chi connectivity index (χ1v) is 9.19. The summed E-state index contributed by atoms with van der Waals surface area (Å²) < 4.78 is 1.13. The highest BCUT2D eigenvalue weighted by molar-refractivity contribution is 7.21. The molecule has 0 bridgehead atoms. The minimum absolute atomic E-state index is 0.278. The maximum Gasteiger partial charge on any atom is 0.257 e. The molecule has 0 spiro atoms. The van der Waals surface area contributed by atoms with E-state index in [2.05, 4.69) is 10.3 Å². The maximum atomic E-state index is 12.4. The van der Waals surface area contributed by atoms with Crippen molar-refractivity contribution in [2.75, 3.05) is 5.32 Å². The number of hydrogen-bond acceptors (Lipinski definition) is 5. The molecular formula is C19H11N3OS2. The number of hydrogen-bond donors (Lipinski definition) is 1. The molecule has 0 saturated carbocycles. The summed E-state index contributed by atoms with van der Waals surface area (Å²) >= 11 is 2.88. The molecule has 25 heavy (non-hydrogen) atoms. The monoisotopic (exact) mass is 361 g/mol. The van der Waals surface area contributed by atoms with Crippen LogP contribution in [0, 0.1) is 11.3 Å². The number of benzene rings is 2. The third-order valence-corrected chi connectivity index (χ3v) is 5.58. The van der Waals surface area contributed by atoms with Gasteiger partial charge in [0.15, 0.2) is 0 Å². The summed E-state index contributed by atoms with van der Waals surface area (Å²) in [6, 6.07) is 19.3. The van der Waals surface area contributed by atoms with Crippen molar-refractivity contribution in [2.24, 2.45) is 0 Å². The zero-order valence-electron chi connectivity index (χ0n) is 12.9. The van der Waals surface area contributed by atoms with Gasteiger partial charge in [-0.15, -0.1) is 22.7 Å². The fourth-order valence-electron chi connectivity index (χ4n) is 2.50. The van der Waals surface area contributed by atoms with Crippen LogP contribution in [0.5, 0.6) is 0 Å². The molecule has 1 N–H and O–H groups in total. The summed E-state index contributed by atoms with van der Waals surface area (Å²) in [6.07, 6.45) is 0. The molecule has 4 rings (SSSR count). The van der Waals surface area contributed by atoms with E-state index in [0.29, 0.717) is 16.1 Å². The molecule has 120 valence electrons. The third-order valence-electron chi connectivity index (χ3n) is 3.67. The largest absolute Gasteiger partial charge is 0.322 e. The van der Waals surface area contributed by atoms with Gasteiger partial charge >= 0.3 is 0 Å². The third kappa shape index (κ3) is 3.03. The number of thiophene rings is 1. The Morgan fingerprint density at radius 3 is 2.84 bits per heavy atom. The second kappa shape index (κ2) is 6.48. The lowest BCUT2D eigenvalue weighted by molar-refractivity contribution is 0.102. The van der Waals surface area contributed by atoms with Crippen LogP contribution in [0.15, 0.2) is 60.0 Å². The predicted molar refractivity (Wildman–Crippen MR) is 102 cm³/mol. The van der Waals surface area contributed by atoms with E-state index >= 15 is 0 Å². The van der Waals surface area contributed by atoms with Gasteiger partial charge in [0.25, 0.3) is 5.91 Å². The highest BCUT2D eigenvalue weighted by atomic mass is 32.1. The molecule has 2 heterocycles. The van der Waals surface area contributed by atoms with Gasteiger partial charge in [0.2, 0.25) is 0 Å². The Bertz CT molecular complexity index is 1090. The van der Waals surface area contributed by atoms with Gasteiger partial charge in [-0.2, -0.15) is 5.26 Å². The number of anilines is 1. The number of amides is 1. The molecule has 0 aliphatic carbocycles. The average Bonchev–Trinajstić information content (AvgIpc) is 3.28. The number of nitrogens with one attached hydrogen (secondary N) is 1. The quantitative estimate of drug-likeness (QED) is 0.549. The molecular weight excluding hydrogens is 350 g/mol. The number of carbonyl (C=O) groups excluding carboxylic acids is 1. The summed E-state index contributed by atoms with van der Waals surface area (Å²) in [6.45, 7) is 0. The van der Waals surface area contributed by atoms with Gasteiger partial charge in [-0.1, -0.05) is 24.3 Å². The van der Waals surface area contributed by atoms with Crippen molar-refractivity contribution in [1.82, 2.24) is 4.98 Å². The fraction of sp³-hybridized carbons (Fsp3) is 0. The predicted octanol–water partition coefficient (Wildman–Crippen LogP) is 5.15. The van der Waals surface area contributed by atoms with Gasteiger partial charge in [0, 0.05) is 11.3 Å². The Morgan fingerprint density at radius 2 is 2.00 bits per heavy atom. The van der Waals surface area contributed by atoms with E-state index in [1.54, 1.807) is 22.8 Å². The van der Waals surface area contributed by atoms with Crippen molar-refractivity contribution in [3.8, 4) is 16.6 Å². The lowest BCUT2D eigenvalue weighted by atomic mass is 10.2. The van der Waals surface area contributed by atoms with E-state index in [9.17, 15) is 4.79 Å². The summed E-state index contributed by atoms with van der Waals surface area (Å²) in [5.74, 6) is -0.278. The lowest BCUT2D eigenvalue weighted by Crippen LogP contribution is -2.12. The van der Waals surface area contributed by atoms with E-state index in [-0.39, 0.29) is 5.91 Å². The molecule has 0 unspecified atom stereocenters. The number of rotatable bonds is 3. The molecule has 4 nitrogen and oxygen atoms in total. The van der Waals surface area contributed by atoms with Crippen LogP contribution in [0.25, 0.3) is 20.8 Å². The smallest absolute Gasteiger partial charge is 0.257 e. The van der Waals surface area contributed by atoms with Crippen molar-refractivity contribution < 1.29 is 4.79 Å². The van der Waals surface area contributed by atoms with Gasteiger partial charge in [0.1, 0.15) is 16.0 Å². The van der Waals surface area contributed by atoms with E-state index in [4.69, 9.17) is 5.26 Å². The Labute approximate surface area is 152 Å². The summed E-state index contributed by atoms with van der Waals surface area (Å²) in [5.41, 5.74) is 2.99. The zero-order valence-corrected chi connectivity index (χ0v) is 14.5. The average molecular weight is 361 g/mol. The SMILES string of the molecule is N#Cc1sccc1C(=O)Nc1cccc(-c2nc3ccccc3s2)c1. The number of nitrogens with zero attached hydrogens (tertiary/aromatic N) is 2. The highest BCUT2D eigenvalue weighted by Crippen LogP contribution is 2.31. The van der Waals surface area contributed by atoms with E-state index in [1.807, 2.05) is 54.6 Å². The minimum Gasteiger partial charge on any atom is -0.322 e. The molecule has 0 atom stereocenters. The van der Waals surface area contributed by atoms with Crippen LogP contribution < -0.4 is 5.32 Å². The lowest BCUT2D eigenvalue weighted by Gasteiger charge is -2.05.